The smallest absolute Gasteiger partial charge is 0.195 e. The van der Waals surface area contributed by atoms with Gasteiger partial charge in [-0.3, -0.25) is 0 Å². The Morgan fingerprint density at radius 1 is 0.793 bits per heavy atom. The standard InChI is InChI=1S/C25H26F4/c1-2-3-15-4-5-17-13-18(7-6-16(17)12-15)20-9-8-19(14-23(20)27)21-10-11-22(26)25(29)24(21)28/h2-3,8-11,14-18H,4-7,12-13H2,1H3/b3-2+. The second-order valence-corrected chi connectivity index (χ2v) is 8.59. The van der Waals surface area contributed by atoms with Crippen LogP contribution in [0.4, 0.5) is 17.6 Å². The Morgan fingerprint density at radius 2 is 1.55 bits per heavy atom. The zero-order valence-corrected chi connectivity index (χ0v) is 16.6. The summed E-state index contributed by atoms with van der Waals surface area (Å²) in [4.78, 5) is 0. The predicted molar refractivity (Wildman–Crippen MR) is 107 cm³/mol. The van der Waals surface area contributed by atoms with E-state index in [0.29, 0.717) is 17.4 Å². The Labute approximate surface area is 169 Å². The fraction of sp³-hybridized carbons (Fsp3) is 0.440. The summed E-state index contributed by atoms with van der Waals surface area (Å²) in [6, 6.07) is 6.58. The molecule has 4 heteroatoms. The van der Waals surface area contributed by atoms with Gasteiger partial charge in [0.05, 0.1) is 0 Å². The van der Waals surface area contributed by atoms with Gasteiger partial charge in [-0.15, -0.1) is 0 Å². The Hall–Kier alpha value is -2.10. The van der Waals surface area contributed by atoms with E-state index in [4.69, 9.17) is 0 Å². The van der Waals surface area contributed by atoms with Crippen LogP contribution in [0.3, 0.4) is 0 Å². The molecule has 4 unspecified atom stereocenters. The molecule has 4 atom stereocenters. The minimum Gasteiger partial charge on any atom is -0.207 e. The van der Waals surface area contributed by atoms with Crippen molar-refractivity contribution in [2.75, 3.05) is 0 Å². The molecule has 2 fully saturated rings. The van der Waals surface area contributed by atoms with E-state index in [1.165, 1.54) is 25.3 Å². The summed E-state index contributed by atoms with van der Waals surface area (Å²) in [7, 11) is 0. The average Bonchev–Trinajstić information content (AvgIpc) is 2.72. The summed E-state index contributed by atoms with van der Waals surface area (Å²) >= 11 is 0. The summed E-state index contributed by atoms with van der Waals surface area (Å²) in [6.45, 7) is 2.07. The molecule has 0 N–H and O–H groups in total. The second kappa shape index (κ2) is 8.33. The molecule has 2 saturated carbocycles. The van der Waals surface area contributed by atoms with Crippen LogP contribution >= 0.6 is 0 Å². The van der Waals surface area contributed by atoms with E-state index in [-0.39, 0.29) is 17.0 Å². The zero-order chi connectivity index (χ0) is 20.5. The molecule has 0 amide bonds. The van der Waals surface area contributed by atoms with Crippen molar-refractivity contribution < 1.29 is 17.6 Å². The third-order valence-corrected chi connectivity index (χ3v) is 6.90. The van der Waals surface area contributed by atoms with Gasteiger partial charge in [0.1, 0.15) is 5.82 Å². The van der Waals surface area contributed by atoms with Crippen molar-refractivity contribution in [1.82, 2.24) is 0 Å². The largest absolute Gasteiger partial charge is 0.207 e. The molecule has 0 spiro atoms. The number of allylic oxidation sites excluding steroid dienone is 2. The molecule has 29 heavy (non-hydrogen) atoms. The normalized spacial score (nSPS) is 27.2. The van der Waals surface area contributed by atoms with Crippen LogP contribution in [-0.4, -0.2) is 0 Å². The molecular weight excluding hydrogens is 376 g/mol. The minimum absolute atomic E-state index is 0.125. The highest BCUT2D eigenvalue weighted by molar-refractivity contribution is 5.65. The van der Waals surface area contributed by atoms with Crippen molar-refractivity contribution in [3.63, 3.8) is 0 Å². The number of fused-ring (bicyclic) bond motifs is 1. The first-order chi connectivity index (χ1) is 14.0. The summed E-state index contributed by atoms with van der Waals surface area (Å²) in [5, 5.41) is 0. The molecule has 4 rings (SSSR count). The van der Waals surface area contributed by atoms with Crippen molar-refractivity contribution >= 4 is 0 Å². The Balaban J connectivity index is 1.52. The van der Waals surface area contributed by atoms with Gasteiger partial charge in [-0.2, -0.15) is 0 Å². The highest BCUT2D eigenvalue weighted by Crippen LogP contribution is 2.48. The van der Waals surface area contributed by atoms with Crippen LogP contribution in [0, 0.1) is 41.0 Å². The van der Waals surface area contributed by atoms with Crippen LogP contribution in [0.15, 0.2) is 42.5 Å². The van der Waals surface area contributed by atoms with Crippen molar-refractivity contribution in [2.24, 2.45) is 17.8 Å². The van der Waals surface area contributed by atoms with Gasteiger partial charge >= 0.3 is 0 Å². The first-order valence-electron chi connectivity index (χ1n) is 10.5. The topological polar surface area (TPSA) is 0 Å². The maximum atomic E-state index is 14.9. The van der Waals surface area contributed by atoms with Crippen molar-refractivity contribution in [1.29, 1.82) is 0 Å². The second-order valence-electron chi connectivity index (χ2n) is 8.59. The molecule has 154 valence electrons. The zero-order valence-electron chi connectivity index (χ0n) is 16.6. The number of halogens is 4. The summed E-state index contributed by atoms with van der Waals surface area (Å²) in [6.07, 6.45) is 11.1. The Morgan fingerprint density at radius 3 is 2.31 bits per heavy atom. The molecule has 2 aliphatic carbocycles. The monoisotopic (exact) mass is 402 g/mol. The van der Waals surface area contributed by atoms with Crippen LogP contribution in [-0.2, 0) is 0 Å². The van der Waals surface area contributed by atoms with E-state index in [0.717, 1.165) is 37.3 Å². The summed E-state index contributed by atoms with van der Waals surface area (Å²) in [5.41, 5.74) is 0.759. The maximum Gasteiger partial charge on any atom is 0.195 e. The van der Waals surface area contributed by atoms with E-state index < -0.39 is 23.3 Å². The molecule has 0 nitrogen and oxygen atoms in total. The average molecular weight is 402 g/mol. The Kier molecular flexibility index (Phi) is 5.80. The quantitative estimate of drug-likeness (QED) is 0.279. The molecule has 0 aromatic heterocycles. The first kappa shape index (κ1) is 20.2. The van der Waals surface area contributed by atoms with E-state index >= 15 is 0 Å². The highest BCUT2D eigenvalue weighted by Gasteiger charge is 2.36. The van der Waals surface area contributed by atoms with Gasteiger partial charge in [-0.05, 0) is 98.4 Å². The van der Waals surface area contributed by atoms with Crippen molar-refractivity contribution in [3.05, 3.63) is 71.3 Å². The predicted octanol–water partition coefficient (Wildman–Crippen LogP) is 7.79. The Bertz CT molecular complexity index is 917. The van der Waals surface area contributed by atoms with Crippen LogP contribution in [0.5, 0.6) is 0 Å². The van der Waals surface area contributed by atoms with Gasteiger partial charge in [0.25, 0.3) is 0 Å². The minimum atomic E-state index is -1.53. The number of benzene rings is 2. The van der Waals surface area contributed by atoms with Gasteiger partial charge in [-0.1, -0.05) is 24.3 Å². The van der Waals surface area contributed by atoms with Crippen molar-refractivity contribution in [3.8, 4) is 11.1 Å². The van der Waals surface area contributed by atoms with Crippen LogP contribution < -0.4 is 0 Å². The fourth-order valence-corrected chi connectivity index (χ4v) is 5.43. The van der Waals surface area contributed by atoms with Crippen LogP contribution in [0.2, 0.25) is 0 Å². The summed E-state index contributed by atoms with van der Waals surface area (Å²) in [5.74, 6) is -2.24. The number of rotatable bonds is 3. The molecule has 0 radical (unpaired) electrons. The van der Waals surface area contributed by atoms with Gasteiger partial charge in [0, 0.05) is 5.56 Å². The first-order valence-corrected chi connectivity index (χ1v) is 10.5. The van der Waals surface area contributed by atoms with E-state index in [1.807, 2.05) is 0 Å². The molecule has 2 aromatic rings. The van der Waals surface area contributed by atoms with Crippen LogP contribution in [0.25, 0.3) is 11.1 Å². The lowest BCUT2D eigenvalue weighted by molar-refractivity contribution is 0.132. The number of hydrogen-bond donors (Lipinski definition) is 0. The van der Waals surface area contributed by atoms with Gasteiger partial charge in [-0.25, -0.2) is 17.6 Å². The highest BCUT2D eigenvalue weighted by atomic mass is 19.2. The summed E-state index contributed by atoms with van der Waals surface area (Å²) < 4.78 is 55.7. The third-order valence-electron chi connectivity index (χ3n) is 6.90. The van der Waals surface area contributed by atoms with E-state index in [2.05, 4.69) is 19.1 Å². The van der Waals surface area contributed by atoms with Crippen LogP contribution in [0.1, 0.15) is 56.9 Å². The molecular formula is C25H26F4. The lowest BCUT2D eigenvalue weighted by Crippen LogP contribution is -2.30. The molecule has 2 aromatic carbocycles. The molecule has 0 bridgehead atoms. The van der Waals surface area contributed by atoms with Crippen molar-refractivity contribution in [2.45, 2.75) is 51.4 Å². The lowest BCUT2D eigenvalue weighted by Gasteiger charge is -2.42. The molecule has 0 aliphatic heterocycles. The number of hydrogen-bond acceptors (Lipinski definition) is 0. The molecule has 0 saturated heterocycles. The van der Waals surface area contributed by atoms with E-state index in [1.54, 1.807) is 12.1 Å². The third kappa shape index (κ3) is 3.99. The van der Waals surface area contributed by atoms with Gasteiger partial charge < -0.3 is 0 Å². The maximum absolute atomic E-state index is 14.9. The molecule has 0 heterocycles. The molecule has 2 aliphatic rings. The van der Waals surface area contributed by atoms with E-state index in [9.17, 15) is 17.6 Å². The lowest BCUT2D eigenvalue weighted by atomic mass is 9.64. The van der Waals surface area contributed by atoms with Gasteiger partial charge in [0.2, 0.25) is 0 Å². The SMILES string of the molecule is C/C=C/C1CCC2CC(c3ccc(-c4ccc(F)c(F)c4F)cc3F)CCC2C1. The fourth-order valence-electron chi connectivity index (χ4n) is 5.43. The van der Waals surface area contributed by atoms with Gasteiger partial charge in [0.15, 0.2) is 17.5 Å².